The molecule has 0 heterocycles. The molecule has 0 atom stereocenters. The number of phenolic OH excluding ortho intramolecular Hbond substituents is 1. The second kappa shape index (κ2) is 3.58. The molecule has 0 saturated heterocycles. The number of rotatable bonds is 1. The SMILES string of the molecule is Bc1ccc(O)cc1-c1ccccc1. The van der Waals surface area contributed by atoms with Crippen LogP contribution in [-0.2, 0) is 0 Å². The van der Waals surface area contributed by atoms with E-state index in [0.29, 0.717) is 5.75 Å². The number of aromatic hydroxyl groups is 1. The Morgan fingerprint density at radius 3 is 2.36 bits per heavy atom. The molecular weight excluding hydrogens is 171 g/mol. The third kappa shape index (κ3) is 1.64. The summed E-state index contributed by atoms with van der Waals surface area (Å²) in [7, 11) is 2.04. The lowest BCUT2D eigenvalue weighted by atomic mass is 9.87. The van der Waals surface area contributed by atoms with Crippen LogP contribution >= 0.6 is 0 Å². The highest BCUT2D eigenvalue weighted by Crippen LogP contribution is 2.20. The summed E-state index contributed by atoms with van der Waals surface area (Å²) in [5.41, 5.74) is 3.40. The van der Waals surface area contributed by atoms with Crippen molar-refractivity contribution in [3.63, 3.8) is 0 Å². The molecule has 0 aromatic heterocycles. The standard InChI is InChI=1S/C12H11BO/c13-12-7-6-10(14)8-11(12)9-4-2-1-3-5-9/h1-8,14H,13H2. The zero-order valence-corrected chi connectivity index (χ0v) is 8.07. The first-order chi connectivity index (χ1) is 6.77. The molecule has 0 aliphatic carbocycles. The van der Waals surface area contributed by atoms with Gasteiger partial charge in [0.25, 0.3) is 0 Å². The van der Waals surface area contributed by atoms with Crippen LogP contribution in [0.3, 0.4) is 0 Å². The molecule has 2 aromatic rings. The van der Waals surface area contributed by atoms with Crippen molar-refractivity contribution in [2.45, 2.75) is 0 Å². The highest BCUT2D eigenvalue weighted by Gasteiger charge is 2.01. The Labute approximate surface area is 84.4 Å². The van der Waals surface area contributed by atoms with Crippen molar-refractivity contribution in [2.24, 2.45) is 0 Å². The zero-order valence-electron chi connectivity index (χ0n) is 8.07. The summed E-state index contributed by atoms with van der Waals surface area (Å²) in [5, 5.41) is 9.40. The summed E-state index contributed by atoms with van der Waals surface area (Å²) >= 11 is 0. The molecule has 0 spiro atoms. The van der Waals surface area contributed by atoms with E-state index >= 15 is 0 Å². The Kier molecular flexibility index (Phi) is 2.27. The number of hydrogen-bond acceptors (Lipinski definition) is 1. The van der Waals surface area contributed by atoms with Gasteiger partial charge in [-0.3, -0.25) is 0 Å². The zero-order chi connectivity index (χ0) is 9.97. The Hall–Kier alpha value is -1.70. The maximum absolute atomic E-state index is 9.40. The molecule has 0 fully saturated rings. The van der Waals surface area contributed by atoms with Crippen LogP contribution in [0, 0.1) is 0 Å². The van der Waals surface area contributed by atoms with Gasteiger partial charge >= 0.3 is 0 Å². The fourth-order valence-corrected chi connectivity index (χ4v) is 1.54. The van der Waals surface area contributed by atoms with E-state index in [1.165, 1.54) is 5.46 Å². The molecule has 1 nitrogen and oxygen atoms in total. The van der Waals surface area contributed by atoms with E-state index in [0.717, 1.165) is 11.1 Å². The van der Waals surface area contributed by atoms with Gasteiger partial charge in [0.2, 0.25) is 0 Å². The fraction of sp³-hybridized carbons (Fsp3) is 0. The molecule has 0 amide bonds. The van der Waals surface area contributed by atoms with Crippen molar-refractivity contribution in [2.75, 3.05) is 0 Å². The molecule has 0 bridgehead atoms. The van der Waals surface area contributed by atoms with Crippen LogP contribution in [0.2, 0.25) is 0 Å². The summed E-state index contributed by atoms with van der Waals surface area (Å²) in [5.74, 6) is 0.314. The minimum atomic E-state index is 0.314. The molecule has 0 aliphatic rings. The van der Waals surface area contributed by atoms with Gasteiger partial charge in [-0.05, 0) is 23.3 Å². The summed E-state index contributed by atoms with van der Waals surface area (Å²) < 4.78 is 0. The highest BCUT2D eigenvalue weighted by molar-refractivity contribution is 6.36. The Bertz CT molecular complexity index is 437. The van der Waals surface area contributed by atoms with E-state index in [2.05, 4.69) is 0 Å². The first kappa shape index (κ1) is 8.88. The van der Waals surface area contributed by atoms with E-state index in [-0.39, 0.29) is 0 Å². The molecule has 1 N–H and O–H groups in total. The first-order valence-corrected chi connectivity index (χ1v) is 4.62. The normalized spacial score (nSPS) is 10.0. The van der Waals surface area contributed by atoms with Crippen molar-refractivity contribution in [1.82, 2.24) is 0 Å². The molecule has 68 valence electrons. The van der Waals surface area contributed by atoms with Crippen molar-refractivity contribution in [3.8, 4) is 16.9 Å². The summed E-state index contributed by atoms with van der Waals surface area (Å²) in [4.78, 5) is 0. The van der Waals surface area contributed by atoms with Crippen LogP contribution in [0.5, 0.6) is 5.75 Å². The molecule has 0 saturated carbocycles. The first-order valence-electron chi connectivity index (χ1n) is 4.62. The summed E-state index contributed by atoms with van der Waals surface area (Å²) in [6.45, 7) is 0. The van der Waals surface area contributed by atoms with E-state index < -0.39 is 0 Å². The minimum Gasteiger partial charge on any atom is -0.508 e. The summed E-state index contributed by atoms with van der Waals surface area (Å²) in [6, 6.07) is 15.5. The van der Waals surface area contributed by atoms with Gasteiger partial charge in [-0.1, -0.05) is 41.9 Å². The van der Waals surface area contributed by atoms with Crippen molar-refractivity contribution in [1.29, 1.82) is 0 Å². The smallest absolute Gasteiger partial charge is 0.140 e. The number of hydrogen-bond donors (Lipinski definition) is 1. The fourth-order valence-electron chi connectivity index (χ4n) is 1.54. The quantitative estimate of drug-likeness (QED) is 0.659. The van der Waals surface area contributed by atoms with Gasteiger partial charge < -0.3 is 5.11 Å². The summed E-state index contributed by atoms with van der Waals surface area (Å²) in [6.07, 6.45) is 0. The van der Waals surface area contributed by atoms with E-state index in [4.69, 9.17) is 0 Å². The molecule has 2 rings (SSSR count). The lowest BCUT2D eigenvalue weighted by molar-refractivity contribution is 0.475. The van der Waals surface area contributed by atoms with Gasteiger partial charge in [-0.15, -0.1) is 0 Å². The number of benzene rings is 2. The maximum Gasteiger partial charge on any atom is 0.140 e. The minimum absolute atomic E-state index is 0.314. The predicted molar refractivity (Wildman–Crippen MR) is 61.7 cm³/mol. The third-order valence-electron chi connectivity index (χ3n) is 2.31. The lowest BCUT2D eigenvalue weighted by Gasteiger charge is -2.06. The second-order valence-electron chi connectivity index (χ2n) is 3.37. The predicted octanol–water partition coefficient (Wildman–Crippen LogP) is 1.32. The van der Waals surface area contributed by atoms with Crippen molar-refractivity contribution >= 4 is 13.3 Å². The Morgan fingerprint density at radius 1 is 0.929 bits per heavy atom. The Balaban J connectivity index is 2.57. The van der Waals surface area contributed by atoms with E-state index in [9.17, 15) is 5.11 Å². The van der Waals surface area contributed by atoms with Crippen molar-refractivity contribution < 1.29 is 5.11 Å². The van der Waals surface area contributed by atoms with Gasteiger partial charge in [0.1, 0.15) is 13.6 Å². The molecule has 0 aliphatic heterocycles. The van der Waals surface area contributed by atoms with Gasteiger partial charge in [0.15, 0.2) is 0 Å². The van der Waals surface area contributed by atoms with Crippen LogP contribution in [0.25, 0.3) is 11.1 Å². The molecular formula is C12H11BO. The van der Waals surface area contributed by atoms with E-state index in [1.807, 2.05) is 44.2 Å². The van der Waals surface area contributed by atoms with Crippen LogP contribution < -0.4 is 5.46 Å². The molecule has 0 radical (unpaired) electrons. The van der Waals surface area contributed by atoms with Crippen LogP contribution in [0.15, 0.2) is 48.5 Å². The van der Waals surface area contributed by atoms with Gasteiger partial charge in [-0.25, -0.2) is 0 Å². The van der Waals surface area contributed by atoms with Gasteiger partial charge in [0, 0.05) is 0 Å². The van der Waals surface area contributed by atoms with E-state index in [1.54, 1.807) is 12.1 Å². The van der Waals surface area contributed by atoms with Crippen LogP contribution in [0.1, 0.15) is 0 Å². The van der Waals surface area contributed by atoms with Gasteiger partial charge in [0.05, 0.1) is 0 Å². The topological polar surface area (TPSA) is 20.2 Å². The number of phenols is 1. The Morgan fingerprint density at radius 2 is 1.64 bits per heavy atom. The molecule has 0 unspecified atom stereocenters. The maximum atomic E-state index is 9.40. The lowest BCUT2D eigenvalue weighted by Crippen LogP contribution is -2.05. The molecule has 2 aromatic carbocycles. The largest absolute Gasteiger partial charge is 0.508 e. The highest BCUT2D eigenvalue weighted by atomic mass is 16.3. The van der Waals surface area contributed by atoms with Crippen molar-refractivity contribution in [3.05, 3.63) is 48.5 Å². The average molecular weight is 182 g/mol. The molecule has 14 heavy (non-hydrogen) atoms. The van der Waals surface area contributed by atoms with Crippen LogP contribution in [0.4, 0.5) is 0 Å². The monoisotopic (exact) mass is 182 g/mol. The third-order valence-corrected chi connectivity index (χ3v) is 2.31. The van der Waals surface area contributed by atoms with Gasteiger partial charge in [-0.2, -0.15) is 0 Å². The second-order valence-corrected chi connectivity index (χ2v) is 3.37. The average Bonchev–Trinajstić information content (AvgIpc) is 2.23. The van der Waals surface area contributed by atoms with Crippen LogP contribution in [-0.4, -0.2) is 13.0 Å². The molecule has 2 heteroatoms.